The predicted octanol–water partition coefficient (Wildman–Crippen LogP) is 1.74. The van der Waals surface area contributed by atoms with Crippen LogP contribution in [0.4, 0.5) is 0 Å². The number of carbonyl (C=O) groups excluding carboxylic acids is 1. The van der Waals surface area contributed by atoms with Gasteiger partial charge in [-0.1, -0.05) is 12.1 Å². The molecule has 1 aliphatic rings. The molecule has 4 nitrogen and oxygen atoms in total. The Kier molecular flexibility index (Phi) is 5.41. The summed E-state index contributed by atoms with van der Waals surface area (Å²) in [6, 6.07) is 7.87. The van der Waals surface area contributed by atoms with Crippen LogP contribution < -0.4 is 15.4 Å². The van der Waals surface area contributed by atoms with Gasteiger partial charge in [-0.3, -0.25) is 4.79 Å². The number of amides is 1. The molecule has 1 aliphatic heterocycles. The van der Waals surface area contributed by atoms with Crippen LogP contribution in [-0.2, 0) is 11.2 Å². The molecule has 20 heavy (non-hydrogen) atoms. The molecule has 0 spiro atoms. The number of hydrogen-bond donors (Lipinski definition) is 2. The maximum Gasteiger partial charge on any atom is 0.224 e. The van der Waals surface area contributed by atoms with E-state index in [1.807, 2.05) is 24.3 Å². The summed E-state index contributed by atoms with van der Waals surface area (Å²) in [6.45, 7) is 4.20. The first-order valence-electron chi connectivity index (χ1n) is 7.32. The van der Waals surface area contributed by atoms with Gasteiger partial charge in [0.05, 0.1) is 13.5 Å². The summed E-state index contributed by atoms with van der Waals surface area (Å²) in [5.74, 6) is 1.45. The Balaban J connectivity index is 1.81. The van der Waals surface area contributed by atoms with Crippen LogP contribution in [0.1, 0.15) is 25.3 Å². The summed E-state index contributed by atoms with van der Waals surface area (Å²) >= 11 is 0. The van der Waals surface area contributed by atoms with Crippen LogP contribution >= 0.6 is 0 Å². The van der Waals surface area contributed by atoms with Crippen molar-refractivity contribution >= 4 is 5.91 Å². The van der Waals surface area contributed by atoms with E-state index >= 15 is 0 Å². The second kappa shape index (κ2) is 7.29. The zero-order valence-corrected chi connectivity index (χ0v) is 12.3. The van der Waals surface area contributed by atoms with Crippen LogP contribution in [0.3, 0.4) is 0 Å². The van der Waals surface area contributed by atoms with E-state index in [0.29, 0.717) is 12.3 Å². The molecule has 1 heterocycles. The van der Waals surface area contributed by atoms with E-state index in [9.17, 15) is 4.79 Å². The van der Waals surface area contributed by atoms with Gasteiger partial charge in [0.15, 0.2) is 0 Å². The van der Waals surface area contributed by atoms with Gasteiger partial charge in [-0.25, -0.2) is 0 Å². The molecule has 0 aliphatic carbocycles. The highest BCUT2D eigenvalue weighted by Gasteiger charge is 2.21. The van der Waals surface area contributed by atoms with Crippen molar-refractivity contribution in [3.63, 3.8) is 0 Å². The molecular weight excluding hydrogens is 252 g/mol. The summed E-state index contributed by atoms with van der Waals surface area (Å²) in [7, 11) is 1.64. The zero-order valence-electron chi connectivity index (χ0n) is 12.3. The molecule has 4 heteroatoms. The van der Waals surface area contributed by atoms with Gasteiger partial charge in [-0.2, -0.15) is 0 Å². The van der Waals surface area contributed by atoms with Gasteiger partial charge < -0.3 is 15.4 Å². The summed E-state index contributed by atoms with van der Waals surface area (Å²) in [6.07, 6.45) is 2.81. The molecule has 1 fully saturated rings. The van der Waals surface area contributed by atoms with Crippen molar-refractivity contribution in [1.82, 2.24) is 10.6 Å². The van der Waals surface area contributed by atoms with E-state index < -0.39 is 0 Å². The number of rotatable bonds is 5. The molecule has 2 rings (SSSR count). The zero-order chi connectivity index (χ0) is 14.4. The van der Waals surface area contributed by atoms with Crippen LogP contribution in [0, 0.1) is 5.92 Å². The van der Waals surface area contributed by atoms with E-state index in [4.69, 9.17) is 4.74 Å². The van der Waals surface area contributed by atoms with Gasteiger partial charge >= 0.3 is 0 Å². The number of methoxy groups -OCH3 is 1. The third-order valence-corrected chi connectivity index (χ3v) is 3.95. The van der Waals surface area contributed by atoms with Gasteiger partial charge in [-0.05, 0) is 56.5 Å². The first kappa shape index (κ1) is 14.9. The van der Waals surface area contributed by atoms with Crippen LogP contribution in [-0.4, -0.2) is 32.1 Å². The van der Waals surface area contributed by atoms with Gasteiger partial charge in [0.25, 0.3) is 0 Å². The Bertz CT molecular complexity index is 425. The van der Waals surface area contributed by atoms with Gasteiger partial charge in [0.2, 0.25) is 5.91 Å². The minimum absolute atomic E-state index is 0.0910. The van der Waals surface area contributed by atoms with Crippen molar-refractivity contribution in [2.75, 3.05) is 20.2 Å². The van der Waals surface area contributed by atoms with Crippen LogP contribution in [0.15, 0.2) is 24.3 Å². The molecule has 1 aromatic carbocycles. The van der Waals surface area contributed by atoms with E-state index in [1.54, 1.807) is 7.11 Å². The standard InChI is InChI=1S/C16H24N2O2/c1-12(14-4-3-9-17-11-14)18-16(19)10-13-5-7-15(20-2)8-6-13/h5-8,12,14,17H,3-4,9-11H2,1-2H3,(H,18,19). The lowest BCUT2D eigenvalue weighted by Gasteiger charge is -2.29. The van der Waals surface area contributed by atoms with Crippen LogP contribution in [0.5, 0.6) is 5.75 Å². The van der Waals surface area contributed by atoms with Crippen molar-refractivity contribution in [3.8, 4) is 5.75 Å². The number of nitrogens with one attached hydrogen (secondary N) is 2. The van der Waals surface area contributed by atoms with Crippen molar-refractivity contribution in [1.29, 1.82) is 0 Å². The minimum atomic E-state index is 0.0910. The van der Waals surface area contributed by atoms with Gasteiger partial charge in [-0.15, -0.1) is 0 Å². The number of ether oxygens (including phenoxy) is 1. The predicted molar refractivity (Wildman–Crippen MR) is 79.9 cm³/mol. The molecule has 1 aromatic rings. The SMILES string of the molecule is COc1ccc(CC(=O)NC(C)C2CCCNC2)cc1. The van der Waals surface area contributed by atoms with E-state index in [1.165, 1.54) is 12.8 Å². The Hall–Kier alpha value is -1.55. The summed E-state index contributed by atoms with van der Waals surface area (Å²) in [5, 5.41) is 6.50. The van der Waals surface area contributed by atoms with Crippen LogP contribution in [0.2, 0.25) is 0 Å². The van der Waals surface area contributed by atoms with Crippen molar-refractivity contribution < 1.29 is 9.53 Å². The highest BCUT2D eigenvalue weighted by atomic mass is 16.5. The van der Waals surface area contributed by atoms with Gasteiger partial charge in [0.1, 0.15) is 5.75 Å². The molecule has 0 bridgehead atoms. The maximum absolute atomic E-state index is 12.1. The lowest BCUT2D eigenvalue weighted by Crippen LogP contribution is -2.45. The Morgan fingerprint density at radius 3 is 2.80 bits per heavy atom. The fourth-order valence-corrected chi connectivity index (χ4v) is 2.66. The summed E-state index contributed by atoms with van der Waals surface area (Å²) in [4.78, 5) is 12.1. The normalized spacial score (nSPS) is 20.2. The Labute approximate surface area is 120 Å². The fraction of sp³-hybridized carbons (Fsp3) is 0.562. The smallest absolute Gasteiger partial charge is 0.224 e. The highest BCUT2D eigenvalue weighted by molar-refractivity contribution is 5.78. The molecule has 2 atom stereocenters. The monoisotopic (exact) mass is 276 g/mol. The maximum atomic E-state index is 12.1. The molecule has 2 N–H and O–H groups in total. The third-order valence-electron chi connectivity index (χ3n) is 3.95. The number of carbonyl (C=O) groups is 1. The van der Waals surface area contributed by atoms with E-state index in [-0.39, 0.29) is 11.9 Å². The largest absolute Gasteiger partial charge is 0.497 e. The lowest BCUT2D eigenvalue weighted by atomic mass is 9.92. The number of hydrogen-bond acceptors (Lipinski definition) is 3. The molecule has 0 aromatic heterocycles. The second-order valence-electron chi connectivity index (χ2n) is 5.49. The quantitative estimate of drug-likeness (QED) is 0.861. The van der Waals surface area contributed by atoms with Crippen LogP contribution in [0.25, 0.3) is 0 Å². The minimum Gasteiger partial charge on any atom is -0.497 e. The van der Waals surface area contributed by atoms with Crippen molar-refractivity contribution in [3.05, 3.63) is 29.8 Å². The molecule has 110 valence electrons. The summed E-state index contributed by atoms with van der Waals surface area (Å²) < 4.78 is 5.11. The molecule has 1 amide bonds. The average Bonchev–Trinajstić information content (AvgIpc) is 2.49. The third kappa shape index (κ3) is 4.23. The topological polar surface area (TPSA) is 50.4 Å². The molecule has 1 saturated heterocycles. The first-order chi connectivity index (χ1) is 9.69. The average molecular weight is 276 g/mol. The fourth-order valence-electron chi connectivity index (χ4n) is 2.66. The lowest BCUT2D eigenvalue weighted by molar-refractivity contribution is -0.121. The Morgan fingerprint density at radius 2 is 2.20 bits per heavy atom. The molecule has 2 unspecified atom stereocenters. The molecule has 0 saturated carbocycles. The van der Waals surface area contributed by atoms with E-state index in [2.05, 4.69) is 17.6 Å². The highest BCUT2D eigenvalue weighted by Crippen LogP contribution is 2.15. The number of piperidine rings is 1. The summed E-state index contributed by atoms with van der Waals surface area (Å²) in [5.41, 5.74) is 1.01. The second-order valence-corrected chi connectivity index (χ2v) is 5.49. The van der Waals surface area contributed by atoms with Crippen molar-refractivity contribution in [2.45, 2.75) is 32.2 Å². The van der Waals surface area contributed by atoms with Crippen molar-refractivity contribution in [2.24, 2.45) is 5.92 Å². The molecule has 0 radical (unpaired) electrons. The van der Waals surface area contributed by atoms with Gasteiger partial charge in [0, 0.05) is 6.04 Å². The van der Waals surface area contributed by atoms with E-state index in [0.717, 1.165) is 24.4 Å². The first-order valence-corrected chi connectivity index (χ1v) is 7.32. The Morgan fingerprint density at radius 1 is 1.45 bits per heavy atom. The molecular formula is C16H24N2O2. The number of benzene rings is 1.